The quantitative estimate of drug-likeness (QED) is 0.802. The largest absolute Gasteiger partial charge is 0.324 e. The number of benzene rings is 2. The highest BCUT2D eigenvalue weighted by atomic mass is 35.5. The van der Waals surface area contributed by atoms with Crippen molar-refractivity contribution in [2.75, 3.05) is 18.1 Å². The summed E-state index contributed by atoms with van der Waals surface area (Å²) in [4.78, 5) is 27.4. The van der Waals surface area contributed by atoms with Crippen molar-refractivity contribution in [2.45, 2.75) is 12.8 Å². The molecule has 1 aliphatic heterocycles. The maximum absolute atomic E-state index is 13.5. The molecule has 1 aliphatic rings. The van der Waals surface area contributed by atoms with E-state index in [0.29, 0.717) is 19.4 Å². The minimum atomic E-state index is -1.16. The van der Waals surface area contributed by atoms with Crippen molar-refractivity contribution < 1.29 is 22.8 Å². The summed E-state index contributed by atoms with van der Waals surface area (Å²) in [7, 11) is 0. The molecule has 0 aliphatic carbocycles. The Kier molecular flexibility index (Phi) is 5.18. The molecule has 1 fully saturated rings. The summed E-state index contributed by atoms with van der Waals surface area (Å²) in [6, 6.07) is 6.44. The molecular weight excluding hydrogens is 369 g/mol. The Balaban J connectivity index is 1.98. The van der Waals surface area contributed by atoms with Gasteiger partial charge in [-0.1, -0.05) is 11.6 Å². The summed E-state index contributed by atoms with van der Waals surface area (Å²) in [5.74, 6) is -3.68. The van der Waals surface area contributed by atoms with Crippen LogP contribution in [0.4, 0.5) is 18.9 Å². The molecule has 1 heterocycles. The zero-order valence-electron chi connectivity index (χ0n) is 13.5. The first-order valence-corrected chi connectivity index (χ1v) is 8.24. The summed E-state index contributed by atoms with van der Waals surface area (Å²) in [6.45, 7) is 0.369. The molecule has 2 aromatic carbocycles. The van der Waals surface area contributed by atoms with Gasteiger partial charge in [0.05, 0.1) is 5.02 Å². The first-order chi connectivity index (χ1) is 12.4. The molecular formula is C18H14ClF3N2O2. The molecule has 2 amide bonds. The van der Waals surface area contributed by atoms with Gasteiger partial charge in [-0.15, -0.1) is 0 Å². The van der Waals surface area contributed by atoms with Crippen molar-refractivity contribution in [3.63, 3.8) is 0 Å². The van der Waals surface area contributed by atoms with E-state index in [1.165, 1.54) is 21.9 Å². The van der Waals surface area contributed by atoms with Crippen molar-refractivity contribution in [3.8, 4) is 0 Å². The number of hydrogen-bond acceptors (Lipinski definition) is 2. The van der Waals surface area contributed by atoms with Crippen LogP contribution in [0.25, 0.3) is 0 Å². The number of likely N-dealkylation sites (tertiary alicyclic amines) is 1. The van der Waals surface area contributed by atoms with E-state index in [-0.39, 0.29) is 28.8 Å². The van der Waals surface area contributed by atoms with E-state index in [4.69, 9.17) is 11.6 Å². The Morgan fingerprint density at radius 1 is 1.08 bits per heavy atom. The van der Waals surface area contributed by atoms with Gasteiger partial charge in [-0.25, -0.2) is 13.2 Å². The number of anilines is 1. The minimum Gasteiger partial charge on any atom is -0.324 e. The molecule has 136 valence electrons. The van der Waals surface area contributed by atoms with Gasteiger partial charge in [0.15, 0.2) is 11.6 Å². The van der Waals surface area contributed by atoms with Gasteiger partial charge in [0.1, 0.15) is 12.5 Å². The first kappa shape index (κ1) is 18.3. The Bertz CT molecular complexity index is 876. The monoisotopic (exact) mass is 382 g/mol. The molecule has 8 heteroatoms. The number of nitrogens with zero attached hydrogens (tertiary/aromatic N) is 2. The Morgan fingerprint density at radius 3 is 2.42 bits per heavy atom. The highest BCUT2D eigenvalue weighted by Crippen LogP contribution is 2.25. The van der Waals surface area contributed by atoms with Crippen molar-refractivity contribution >= 4 is 29.1 Å². The molecule has 0 aromatic heterocycles. The molecule has 2 aromatic rings. The van der Waals surface area contributed by atoms with Crippen LogP contribution < -0.4 is 4.90 Å². The molecule has 0 radical (unpaired) electrons. The zero-order chi connectivity index (χ0) is 18.8. The number of hydrogen-bond donors (Lipinski definition) is 0. The molecule has 0 unspecified atom stereocenters. The van der Waals surface area contributed by atoms with E-state index in [1.54, 1.807) is 0 Å². The van der Waals surface area contributed by atoms with E-state index in [0.717, 1.165) is 24.3 Å². The SMILES string of the molecule is O=C1CCCN1CN(C(=O)c1ccc(F)c(F)c1)c1ccc(F)c(Cl)c1. The van der Waals surface area contributed by atoms with Gasteiger partial charge in [-0.3, -0.25) is 14.5 Å². The van der Waals surface area contributed by atoms with Crippen LogP contribution in [-0.4, -0.2) is 29.9 Å². The maximum atomic E-state index is 13.5. The van der Waals surface area contributed by atoms with Crippen molar-refractivity contribution in [2.24, 2.45) is 0 Å². The highest BCUT2D eigenvalue weighted by Gasteiger charge is 2.27. The van der Waals surface area contributed by atoms with E-state index in [2.05, 4.69) is 0 Å². The van der Waals surface area contributed by atoms with Gasteiger partial charge in [-0.2, -0.15) is 0 Å². The summed E-state index contributed by atoms with van der Waals surface area (Å²) in [5.41, 5.74) is 0.141. The lowest BCUT2D eigenvalue weighted by Gasteiger charge is -2.28. The summed E-state index contributed by atoms with van der Waals surface area (Å²) in [5, 5.41) is -0.196. The van der Waals surface area contributed by atoms with Gasteiger partial charge in [0.25, 0.3) is 5.91 Å². The minimum absolute atomic E-state index is 0.0986. The molecule has 26 heavy (non-hydrogen) atoms. The molecule has 4 nitrogen and oxygen atoms in total. The molecule has 3 rings (SSSR count). The lowest BCUT2D eigenvalue weighted by Crippen LogP contribution is -2.42. The average molecular weight is 383 g/mol. The zero-order valence-corrected chi connectivity index (χ0v) is 14.3. The fourth-order valence-electron chi connectivity index (χ4n) is 2.73. The van der Waals surface area contributed by atoms with E-state index in [9.17, 15) is 22.8 Å². The Hall–Kier alpha value is -2.54. The molecule has 0 spiro atoms. The lowest BCUT2D eigenvalue weighted by atomic mass is 10.1. The van der Waals surface area contributed by atoms with Crippen molar-refractivity contribution in [3.05, 3.63) is 64.4 Å². The van der Waals surface area contributed by atoms with Gasteiger partial charge in [-0.05, 0) is 42.8 Å². The maximum Gasteiger partial charge on any atom is 0.259 e. The van der Waals surface area contributed by atoms with Crippen LogP contribution in [0.2, 0.25) is 5.02 Å². The normalized spacial score (nSPS) is 14.0. The standard InChI is InChI=1S/C18H14ClF3N2O2/c19-13-9-12(4-6-14(13)20)24(10-23-7-1-2-17(23)25)18(26)11-3-5-15(21)16(22)8-11/h3-6,8-9H,1-2,7,10H2. The third-order valence-corrected chi connectivity index (χ3v) is 4.40. The number of halogens is 4. The molecule has 0 atom stereocenters. The van der Waals surface area contributed by atoms with Crippen LogP contribution in [0.3, 0.4) is 0 Å². The fourth-order valence-corrected chi connectivity index (χ4v) is 2.90. The highest BCUT2D eigenvalue weighted by molar-refractivity contribution is 6.31. The number of rotatable bonds is 4. The number of carbonyl (C=O) groups is 2. The lowest BCUT2D eigenvalue weighted by molar-refractivity contribution is -0.127. The van der Waals surface area contributed by atoms with Crippen LogP contribution in [-0.2, 0) is 4.79 Å². The predicted molar refractivity (Wildman–Crippen MR) is 90.4 cm³/mol. The average Bonchev–Trinajstić information content (AvgIpc) is 3.02. The second-order valence-electron chi connectivity index (χ2n) is 5.86. The van der Waals surface area contributed by atoms with Crippen molar-refractivity contribution in [1.29, 1.82) is 0 Å². The van der Waals surface area contributed by atoms with Crippen LogP contribution in [0, 0.1) is 17.5 Å². The Morgan fingerprint density at radius 2 is 1.81 bits per heavy atom. The van der Waals surface area contributed by atoms with Crippen LogP contribution in [0.1, 0.15) is 23.2 Å². The van der Waals surface area contributed by atoms with Crippen LogP contribution in [0.15, 0.2) is 36.4 Å². The van der Waals surface area contributed by atoms with Gasteiger partial charge < -0.3 is 4.90 Å². The molecule has 0 bridgehead atoms. The van der Waals surface area contributed by atoms with E-state index < -0.39 is 23.4 Å². The molecule has 0 N–H and O–H groups in total. The van der Waals surface area contributed by atoms with Gasteiger partial charge >= 0.3 is 0 Å². The smallest absolute Gasteiger partial charge is 0.259 e. The van der Waals surface area contributed by atoms with E-state index in [1.807, 2.05) is 0 Å². The molecule has 1 saturated heterocycles. The molecule has 0 saturated carbocycles. The van der Waals surface area contributed by atoms with Crippen LogP contribution >= 0.6 is 11.6 Å². The second kappa shape index (κ2) is 7.37. The van der Waals surface area contributed by atoms with Crippen molar-refractivity contribution in [1.82, 2.24) is 4.90 Å². The topological polar surface area (TPSA) is 40.6 Å². The van der Waals surface area contributed by atoms with Gasteiger partial charge in [0.2, 0.25) is 5.91 Å². The predicted octanol–water partition coefficient (Wildman–Crippen LogP) is 3.98. The fraction of sp³-hybridized carbons (Fsp3) is 0.222. The summed E-state index contributed by atoms with van der Waals surface area (Å²) in [6.07, 6.45) is 1.04. The summed E-state index contributed by atoms with van der Waals surface area (Å²) < 4.78 is 40.1. The van der Waals surface area contributed by atoms with Gasteiger partial charge in [0, 0.05) is 24.2 Å². The number of carbonyl (C=O) groups excluding carboxylic acids is 2. The summed E-state index contributed by atoms with van der Waals surface area (Å²) >= 11 is 5.80. The van der Waals surface area contributed by atoms with E-state index >= 15 is 0 Å². The third-order valence-electron chi connectivity index (χ3n) is 4.11. The third kappa shape index (κ3) is 3.67. The second-order valence-corrected chi connectivity index (χ2v) is 6.27. The van der Waals surface area contributed by atoms with Crippen LogP contribution in [0.5, 0.6) is 0 Å². The number of amides is 2. The first-order valence-electron chi connectivity index (χ1n) is 7.86. The Labute approximate surface area is 152 Å².